The molecule has 4 aromatic rings. The van der Waals surface area contributed by atoms with Crippen LogP contribution in [0.1, 0.15) is 24.1 Å². The van der Waals surface area contributed by atoms with Crippen LogP contribution in [0.5, 0.6) is 5.75 Å². The Labute approximate surface area is 217 Å². The summed E-state index contributed by atoms with van der Waals surface area (Å²) in [4.78, 5) is 34.5. The van der Waals surface area contributed by atoms with Crippen molar-refractivity contribution in [3.8, 4) is 5.75 Å². The summed E-state index contributed by atoms with van der Waals surface area (Å²) in [6, 6.07) is 17.3. The fraction of sp³-hybridized carbons (Fsp3) is 0.179. The average molecular weight is 518 g/mol. The minimum atomic E-state index is -0.923. The predicted molar refractivity (Wildman–Crippen MR) is 143 cm³/mol. The lowest BCUT2D eigenvalue weighted by Crippen LogP contribution is -2.29. The smallest absolute Gasteiger partial charge is 0.301 e. The number of benzene rings is 3. The second-order valence-electron chi connectivity index (χ2n) is 8.72. The molecule has 0 aliphatic carbocycles. The van der Waals surface area contributed by atoms with E-state index < -0.39 is 23.5 Å². The molecular weight excluding hydrogens is 493 g/mol. The van der Waals surface area contributed by atoms with Crippen LogP contribution < -0.4 is 14.5 Å². The first kappa shape index (κ1) is 24.5. The first-order valence-corrected chi connectivity index (χ1v) is 12.5. The van der Waals surface area contributed by atoms with Gasteiger partial charge in [0.05, 0.1) is 28.4 Å². The lowest BCUT2D eigenvalue weighted by Gasteiger charge is -2.23. The molecule has 1 saturated heterocycles. The molecule has 1 aromatic heterocycles. The molecule has 7 nitrogen and oxygen atoms in total. The zero-order valence-corrected chi connectivity index (χ0v) is 21.3. The summed E-state index contributed by atoms with van der Waals surface area (Å²) in [5.41, 5.74) is 2.40. The number of hydrogen-bond acceptors (Lipinski definition) is 7. The Morgan fingerprint density at radius 3 is 2.43 bits per heavy atom. The predicted octanol–water partition coefficient (Wildman–Crippen LogP) is 5.53. The number of carbonyl (C=O) groups is 2. The second kappa shape index (κ2) is 9.67. The number of carbonyl (C=O) groups excluding carboxylic acids is 2. The van der Waals surface area contributed by atoms with E-state index in [1.165, 1.54) is 23.1 Å². The lowest BCUT2D eigenvalue weighted by atomic mass is 9.95. The van der Waals surface area contributed by atoms with Crippen molar-refractivity contribution in [2.75, 3.05) is 30.5 Å². The highest BCUT2D eigenvalue weighted by molar-refractivity contribution is 7.22. The zero-order chi connectivity index (χ0) is 26.3. The van der Waals surface area contributed by atoms with Gasteiger partial charge in [-0.2, -0.15) is 0 Å². The quantitative estimate of drug-likeness (QED) is 0.206. The first-order valence-electron chi connectivity index (χ1n) is 11.7. The van der Waals surface area contributed by atoms with E-state index >= 15 is 0 Å². The number of aliphatic hydroxyl groups excluding tert-OH is 1. The van der Waals surface area contributed by atoms with Crippen LogP contribution in [0.3, 0.4) is 0 Å². The third kappa shape index (κ3) is 4.42. The van der Waals surface area contributed by atoms with Crippen molar-refractivity contribution in [3.63, 3.8) is 0 Å². The Hall–Kier alpha value is -4.24. The number of nitrogens with zero attached hydrogens (tertiary/aromatic N) is 3. The van der Waals surface area contributed by atoms with Gasteiger partial charge in [-0.1, -0.05) is 23.5 Å². The molecule has 0 radical (unpaired) electrons. The van der Waals surface area contributed by atoms with E-state index in [1.54, 1.807) is 24.3 Å². The van der Waals surface area contributed by atoms with Crippen molar-refractivity contribution in [1.82, 2.24) is 4.98 Å². The molecule has 2 heterocycles. The van der Waals surface area contributed by atoms with E-state index in [0.29, 0.717) is 33.7 Å². The largest absolute Gasteiger partial charge is 0.507 e. The summed E-state index contributed by atoms with van der Waals surface area (Å²) in [6.07, 6.45) is 0. The molecule has 1 aliphatic heterocycles. The van der Waals surface area contributed by atoms with E-state index in [2.05, 4.69) is 4.98 Å². The maximum absolute atomic E-state index is 13.8. The maximum atomic E-state index is 13.8. The van der Waals surface area contributed by atoms with Gasteiger partial charge in [0, 0.05) is 25.3 Å². The van der Waals surface area contributed by atoms with Crippen LogP contribution in [-0.2, 0) is 9.59 Å². The van der Waals surface area contributed by atoms with Gasteiger partial charge in [0.2, 0.25) is 0 Å². The van der Waals surface area contributed by atoms with Gasteiger partial charge in [-0.05, 0) is 67.1 Å². The molecule has 1 N–H and O–H groups in total. The highest BCUT2D eigenvalue weighted by atomic mass is 32.1. The molecule has 1 amide bonds. The summed E-state index contributed by atoms with van der Waals surface area (Å²) in [5.74, 6) is -1.72. The number of fused-ring (bicyclic) bond motifs is 1. The van der Waals surface area contributed by atoms with Crippen LogP contribution in [0, 0.1) is 5.82 Å². The summed E-state index contributed by atoms with van der Waals surface area (Å²) in [7, 11) is 3.82. The van der Waals surface area contributed by atoms with E-state index in [-0.39, 0.29) is 16.5 Å². The van der Waals surface area contributed by atoms with Gasteiger partial charge in [0.1, 0.15) is 17.3 Å². The van der Waals surface area contributed by atoms with Crippen LogP contribution in [-0.4, -0.2) is 42.5 Å². The SMILES string of the molecule is CCOc1ccc(/C(O)=C2\C(=O)C(=O)N(c3nc4ccc(F)cc4s3)C2c2ccc(N(C)C)cc2)cc1. The normalized spacial score (nSPS) is 17.0. The third-order valence-corrected chi connectivity index (χ3v) is 7.17. The van der Waals surface area contributed by atoms with Gasteiger partial charge in [-0.25, -0.2) is 9.37 Å². The number of aromatic nitrogens is 1. The second-order valence-corrected chi connectivity index (χ2v) is 9.73. The van der Waals surface area contributed by atoms with Crippen molar-refractivity contribution in [2.45, 2.75) is 13.0 Å². The number of aliphatic hydroxyl groups is 1. The zero-order valence-electron chi connectivity index (χ0n) is 20.4. The minimum absolute atomic E-state index is 0.0443. The molecule has 1 aliphatic rings. The van der Waals surface area contributed by atoms with Crippen molar-refractivity contribution in [2.24, 2.45) is 0 Å². The summed E-state index contributed by atoms with van der Waals surface area (Å²) < 4.78 is 19.8. The van der Waals surface area contributed by atoms with Crippen molar-refractivity contribution >= 4 is 49.8 Å². The number of Topliss-reactive ketones (excluding diaryl/α,β-unsaturated/α-hetero) is 1. The highest BCUT2D eigenvalue weighted by Gasteiger charge is 2.48. The number of ketones is 1. The van der Waals surface area contributed by atoms with E-state index in [1.807, 2.05) is 50.2 Å². The van der Waals surface area contributed by atoms with Crippen molar-refractivity contribution in [1.29, 1.82) is 0 Å². The van der Waals surface area contributed by atoms with Gasteiger partial charge in [-0.15, -0.1) is 0 Å². The van der Waals surface area contributed by atoms with E-state index in [9.17, 15) is 19.1 Å². The number of rotatable bonds is 6. The van der Waals surface area contributed by atoms with Crippen LogP contribution in [0.4, 0.5) is 15.2 Å². The monoisotopic (exact) mass is 517 g/mol. The average Bonchev–Trinajstić information content (AvgIpc) is 3.42. The molecule has 0 saturated carbocycles. The summed E-state index contributed by atoms with van der Waals surface area (Å²) in [5, 5.41) is 11.6. The van der Waals surface area contributed by atoms with Crippen molar-refractivity contribution in [3.05, 3.63) is 89.2 Å². The van der Waals surface area contributed by atoms with Crippen LogP contribution in [0.15, 0.2) is 72.3 Å². The Bertz CT molecular complexity index is 1530. The molecular formula is C28H24FN3O4S. The first-order chi connectivity index (χ1) is 17.8. The van der Waals surface area contributed by atoms with Crippen molar-refractivity contribution < 1.29 is 23.8 Å². The molecule has 0 spiro atoms. The number of anilines is 2. The molecule has 1 fully saturated rings. The Morgan fingerprint density at radius 1 is 1.08 bits per heavy atom. The molecule has 188 valence electrons. The Kier molecular flexibility index (Phi) is 6.39. The van der Waals surface area contributed by atoms with Gasteiger partial charge >= 0.3 is 5.91 Å². The minimum Gasteiger partial charge on any atom is -0.507 e. The van der Waals surface area contributed by atoms with Crippen LogP contribution >= 0.6 is 11.3 Å². The summed E-state index contributed by atoms with van der Waals surface area (Å²) in [6.45, 7) is 2.36. The number of amides is 1. The third-order valence-electron chi connectivity index (χ3n) is 6.15. The standard InChI is InChI=1S/C28H24FN3O4S/c1-4-36-20-12-7-17(8-13-20)25(33)23-24(16-5-10-19(11-6-16)31(2)3)32(27(35)26(23)34)28-30-21-14-9-18(29)15-22(21)37-28/h5-15,24,33H,4H2,1-3H3/b25-23+. The fourth-order valence-electron chi connectivity index (χ4n) is 4.32. The lowest BCUT2D eigenvalue weighted by molar-refractivity contribution is -0.132. The fourth-order valence-corrected chi connectivity index (χ4v) is 5.34. The Morgan fingerprint density at radius 2 is 1.78 bits per heavy atom. The molecule has 37 heavy (non-hydrogen) atoms. The Balaban J connectivity index is 1.68. The van der Waals surface area contributed by atoms with Crippen LogP contribution in [0.25, 0.3) is 16.0 Å². The number of thiazole rings is 1. The number of ether oxygens (including phenoxy) is 1. The number of hydrogen-bond donors (Lipinski definition) is 1. The van der Waals surface area contributed by atoms with Gasteiger partial charge in [-0.3, -0.25) is 14.5 Å². The van der Waals surface area contributed by atoms with Gasteiger partial charge < -0.3 is 14.7 Å². The number of halogens is 1. The molecule has 5 rings (SSSR count). The molecule has 1 atom stereocenters. The molecule has 3 aromatic carbocycles. The molecule has 9 heteroatoms. The van der Waals surface area contributed by atoms with Crippen LogP contribution in [0.2, 0.25) is 0 Å². The highest BCUT2D eigenvalue weighted by Crippen LogP contribution is 2.44. The molecule has 0 bridgehead atoms. The van der Waals surface area contributed by atoms with E-state index in [4.69, 9.17) is 4.74 Å². The van der Waals surface area contributed by atoms with Gasteiger partial charge in [0.25, 0.3) is 5.78 Å². The van der Waals surface area contributed by atoms with Gasteiger partial charge in [0.15, 0.2) is 5.13 Å². The summed E-state index contributed by atoms with van der Waals surface area (Å²) >= 11 is 1.11. The maximum Gasteiger partial charge on any atom is 0.301 e. The topological polar surface area (TPSA) is 83.0 Å². The van der Waals surface area contributed by atoms with E-state index in [0.717, 1.165) is 17.0 Å². The molecule has 1 unspecified atom stereocenters.